The second-order valence-corrected chi connectivity index (χ2v) is 6.54. The van der Waals surface area contributed by atoms with Crippen LogP contribution in [0, 0.1) is 11.3 Å². The zero-order valence-electron chi connectivity index (χ0n) is 15.6. The maximum Gasteiger partial charge on any atom is 0.337 e. The molecular weight excluding hydrogens is 368 g/mol. The average Bonchev–Trinajstić information content (AvgIpc) is 2.77. The minimum absolute atomic E-state index is 0.0738. The Morgan fingerprint density at radius 2 is 1.69 bits per heavy atom. The fourth-order valence-corrected chi connectivity index (χ4v) is 3.49. The van der Waals surface area contributed by atoms with Crippen LogP contribution in [-0.2, 0) is 4.74 Å². The number of ether oxygens (including phenoxy) is 2. The fourth-order valence-electron chi connectivity index (χ4n) is 3.49. The van der Waals surface area contributed by atoms with E-state index in [1.165, 1.54) is 7.11 Å². The molecule has 0 aromatic heterocycles. The van der Waals surface area contributed by atoms with Crippen molar-refractivity contribution in [2.75, 3.05) is 12.0 Å². The van der Waals surface area contributed by atoms with Crippen molar-refractivity contribution in [3.63, 3.8) is 0 Å². The van der Waals surface area contributed by atoms with Crippen molar-refractivity contribution in [2.45, 2.75) is 12.3 Å². The van der Waals surface area contributed by atoms with Gasteiger partial charge in [0.2, 0.25) is 6.23 Å². The van der Waals surface area contributed by atoms with Crippen LogP contribution in [0.5, 0.6) is 11.5 Å². The van der Waals surface area contributed by atoms with Gasteiger partial charge in [-0.15, -0.1) is 0 Å². The summed E-state index contributed by atoms with van der Waals surface area (Å²) in [5.41, 5.74) is 2.35. The predicted octanol–water partition coefficient (Wildman–Crippen LogP) is 4.34. The first kappa shape index (κ1) is 18.4. The standard InChI is InChI=1S/C23H18N2O4/c1-28-23(27)15-10-12-16(13-11-15)25-19(14-24)17-6-3-5-9-21(17)29-22(25)18-7-2-4-8-20(18)26/h2-13,19,22,26H,1H3/t19-,22+/m0/s1. The number of rotatable bonds is 3. The van der Waals surface area contributed by atoms with Crippen LogP contribution < -0.4 is 9.64 Å². The van der Waals surface area contributed by atoms with Gasteiger partial charge < -0.3 is 19.5 Å². The highest BCUT2D eigenvalue weighted by atomic mass is 16.5. The number of esters is 1. The highest BCUT2D eigenvalue weighted by molar-refractivity contribution is 5.89. The third-order valence-electron chi connectivity index (χ3n) is 4.89. The molecule has 2 atom stereocenters. The summed E-state index contributed by atoms with van der Waals surface area (Å²) in [4.78, 5) is 13.6. The molecule has 4 rings (SSSR count). The van der Waals surface area contributed by atoms with Gasteiger partial charge in [-0.05, 0) is 42.5 Å². The lowest BCUT2D eigenvalue weighted by Crippen LogP contribution is -2.39. The van der Waals surface area contributed by atoms with E-state index in [4.69, 9.17) is 9.47 Å². The van der Waals surface area contributed by atoms with Gasteiger partial charge in [-0.3, -0.25) is 0 Å². The Kier molecular flexibility index (Phi) is 4.80. The Morgan fingerprint density at radius 3 is 2.34 bits per heavy atom. The summed E-state index contributed by atoms with van der Waals surface area (Å²) < 4.78 is 11.0. The summed E-state index contributed by atoms with van der Waals surface area (Å²) in [5.74, 6) is 0.227. The molecule has 0 spiro atoms. The molecule has 1 aliphatic heterocycles. The maximum atomic E-state index is 11.8. The summed E-state index contributed by atoms with van der Waals surface area (Å²) in [5, 5.41) is 20.4. The number of phenols is 1. The summed E-state index contributed by atoms with van der Waals surface area (Å²) in [6, 6.07) is 22.7. The van der Waals surface area contributed by atoms with E-state index in [9.17, 15) is 15.2 Å². The van der Waals surface area contributed by atoms with Crippen molar-refractivity contribution < 1.29 is 19.4 Å². The number of phenolic OH excluding ortho intramolecular Hbond substituents is 1. The number of carbonyl (C=O) groups is 1. The first-order valence-corrected chi connectivity index (χ1v) is 9.04. The average molecular weight is 386 g/mol. The van der Waals surface area contributed by atoms with Gasteiger partial charge in [-0.25, -0.2) is 4.79 Å². The van der Waals surface area contributed by atoms with Crippen LogP contribution >= 0.6 is 0 Å². The zero-order chi connectivity index (χ0) is 20.4. The van der Waals surface area contributed by atoms with E-state index in [1.807, 2.05) is 24.3 Å². The van der Waals surface area contributed by atoms with Crippen LogP contribution in [0.15, 0.2) is 72.8 Å². The lowest BCUT2D eigenvalue weighted by atomic mass is 9.99. The molecule has 0 saturated heterocycles. The Bertz CT molecular complexity index is 1090. The Morgan fingerprint density at radius 1 is 1.03 bits per heavy atom. The first-order valence-electron chi connectivity index (χ1n) is 9.04. The monoisotopic (exact) mass is 386 g/mol. The molecular formula is C23H18N2O4. The molecule has 0 saturated carbocycles. The number of hydrogen-bond acceptors (Lipinski definition) is 6. The van der Waals surface area contributed by atoms with Crippen molar-refractivity contribution in [3.8, 4) is 17.6 Å². The lowest BCUT2D eigenvalue weighted by molar-refractivity contribution is 0.0600. The molecule has 29 heavy (non-hydrogen) atoms. The molecule has 144 valence electrons. The van der Waals surface area contributed by atoms with E-state index < -0.39 is 18.2 Å². The van der Waals surface area contributed by atoms with Gasteiger partial charge in [0, 0.05) is 11.3 Å². The Labute approximate surface area is 168 Å². The summed E-state index contributed by atoms with van der Waals surface area (Å²) >= 11 is 0. The number of carbonyl (C=O) groups excluding carboxylic acids is 1. The van der Waals surface area contributed by atoms with Gasteiger partial charge in [0.15, 0.2) is 0 Å². The van der Waals surface area contributed by atoms with E-state index in [-0.39, 0.29) is 5.75 Å². The van der Waals surface area contributed by atoms with E-state index in [0.29, 0.717) is 22.6 Å². The molecule has 0 radical (unpaired) electrons. The smallest absolute Gasteiger partial charge is 0.337 e. The molecule has 0 unspecified atom stereocenters. The highest BCUT2D eigenvalue weighted by Crippen LogP contribution is 2.46. The Hall–Kier alpha value is -3.98. The SMILES string of the molecule is COC(=O)c1ccc(N2[C@@H](c3ccccc3O)Oc3ccccc3[C@@H]2C#N)cc1. The number of benzene rings is 3. The number of aromatic hydroxyl groups is 1. The third-order valence-corrected chi connectivity index (χ3v) is 4.89. The van der Waals surface area contributed by atoms with Crippen LogP contribution in [0.3, 0.4) is 0 Å². The maximum absolute atomic E-state index is 11.8. The number of nitriles is 1. The molecule has 3 aromatic carbocycles. The molecule has 0 fully saturated rings. The number of fused-ring (bicyclic) bond motifs is 1. The normalized spacial score (nSPS) is 17.6. The molecule has 1 N–H and O–H groups in total. The molecule has 0 bridgehead atoms. The van der Waals surface area contributed by atoms with Crippen LogP contribution in [0.25, 0.3) is 0 Å². The third kappa shape index (κ3) is 3.23. The molecule has 1 heterocycles. The highest BCUT2D eigenvalue weighted by Gasteiger charge is 2.38. The quantitative estimate of drug-likeness (QED) is 0.674. The Balaban J connectivity index is 1.86. The molecule has 0 aliphatic carbocycles. The molecule has 3 aromatic rings. The minimum Gasteiger partial charge on any atom is -0.507 e. The number of methoxy groups -OCH3 is 1. The number of hydrogen-bond donors (Lipinski definition) is 1. The van der Waals surface area contributed by atoms with Crippen molar-refractivity contribution in [1.82, 2.24) is 0 Å². The van der Waals surface area contributed by atoms with Gasteiger partial charge in [0.05, 0.1) is 24.3 Å². The second kappa shape index (κ2) is 7.56. The van der Waals surface area contributed by atoms with Crippen molar-refractivity contribution in [1.29, 1.82) is 5.26 Å². The predicted molar refractivity (Wildman–Crippen MR) is 107 cm³/mol. The lowest BCUT2D eigenvalue weighted by Gasteiger charge is -2.41. The van der Waals surface area contributed by atoms with Crippen molar-refractivity contribution in [2.24, 2.45) is 0 Å². The molecule has 6 heteroatoms. The summed E-state index contributed by atoms with van der Waals surface area (Å²) in [6.07, 6.45) is -0.722. The largest absolute Gasteiger partial charge is 0.507 e. The van der Waals surface area contributed by atoms with Gasteiger partial charge in [0.1, 0.15) is 17.5 Å². The molecule has 0 amide bonds. The first-order chi connectivity index (χ1) is 14.1. The van der Waals surface area contributed by atoms with Crippen LogP contribution in [0.1, 0.15) is 33.8 Å². The van der Waals surface area contributed by atoms with Crippen LogP contribution in [0.2, 0.25) is 0 Å². The minimum atomic E-state index is -0.722. The van der Waals surface area contributed by atoms with E-state index in [2.05, 4.69) is 6.07 Å². The fraction of sp³-hybridized carbons (Fsp3) is 0.130. The zero-order valence-corrected chi connectivity index (χ0v) is 15.6. The summed E-state index contributed by atoms with van der Waals surface area (Å²) in [7, 11) is 1.32. The van der Waals surface area contributed by atoms with Gasteiger partial charge >= 0.3 is 5.97 Å². The number of para-hydroxylation sites is 2. The van der Waals surface area contributed by atoms with E-state index >= 15 is 0 Å². The molecule has 1 aliphatic rings. The van der Waals surface area contributed by atoms with Gasteiger partial charge in [0.25, 0.3) is 0 Å². The van der Waals surface area contributed by atoms with Crippen LogP contribution in [-0.4, -0.2) is 18.2 Å². The number of nitrogens with zero attached hydrogens (tertiary/aromatic N) is 2. The van der Waals surface area contributed by atoms with Crippen molar-refractivity contribution >= 4 is 11.7 Å². The van der Waals surface area contributed by atoms with E-state index in [0.717, 1.165) is 5.56 Å². The van der Waals surface area contributed by atoms with E-state index in [1.54, 1.807) is 53.4 Å². The topological polar surface area (TPSA) is 82.8 Å². The summed E-state index contributed by atoms with van der Waals surface area (Å²) in [6.45, 7) is 0. The van der Waals surface area contributed by atoms with Gasteiger partial charge in [-0.1, -0.05) is 30.3 Å². The van der Waals surface area contributed by atoms with Gasteiger partial charge in [-0.2, -0.15) is 5.26 Å². The second-order valence-electron chi connectivity index (χ2n) is 6.54. The molecule has 6 nitrogen and oxygen atoms in total. The number of anilines is 1. The van der Waals surface area contributed by atoms with Crippen molar-refractivity contribution in [3.05, 3.63) is 89.5 Å². The van der Waals surface area contributed by atoms with Crippen LogP contribution in [0.4, 0.5) is 5.69 Å².